The Balaban J connectivity index is 0. The Bertz CT molecular complexity index is 238. The maximum Gasteiger partial charge on any atom is 0.268 e. The highest BCUT2D eigenvalue weighted by Gasteiger charge is 2.14. The van der Waals surface area contributed by atoms with E-state index in [0.717, 1.165) is 0 Å². The van der Waals surface area contributed by atoms with Crippen LogP contribution >= 0.6 is 7.82 Å². The van der Waals surface area contributed by atoms with Gasteiger partial charge in [0.05, 0.1) is 19.8 Å². The molecule has 0 aromatic rings. The summed E-state index contributed by atoms with van der Waals surface area (Å²) < 4.78 is 30.4. The standard InChI is InChI=1S/C9H22NO6P.CH4/c1-10(2)5-6-15-17(11,12)16-8-9(14-4)7-13-3;/h9H,5-8H2,1-4H3,(H,11,12);1H4/p-1. The maximum absolute atomic E-state index is 11.3. The number of hydrogen-bond acceptors (Lipinski definition) is 7. The van der Waals surface area contributed by atoms with Crippen LogP contribution < -0.4 is 4.89 Å². The largest absolute Gasteiger partial charge is 0.756 e. The Hall–Kier alpha value is -0.0100. The molecule has 0 fully saturated rings. The van der Waals surface area contributed by atoms with Crippen LogP contribution in [0.2, 0.25) is 0 Å². The average Bonchev–Trinajstić information content (AvgIpc) is 2.23. The van der Waals surface area contributed by atoms with Gasteiger partial charge in [0, 0.05) is 20.8 Å². The molecular formula is C10H25NO6P-. The van der Waals surface area contributed by atoms with Gasteiger partial charge in [0.1, 0.15) is 6.10 Å². The smallest absolute Gasteiger partial charge is 0.268 e. The van der Waals surface area contributed by atoms with Crippen LogP contribution in [0, 0.1) is 0 Å². The fraction of sp³-hybridized carbons (Fsp3) is 1.00. The third-order valence-electron chi connectivity index (χ3n) is 1.89. The maximum atomic E-state index is 11.3. The Kier molecular flexibility index (Phi) is 12.3. The van der Waals surface area contributed by atoms with Gasteiger partial charge in [-0.3, -0.25) is 4.57 Å². The van der Waals surface area contributed by atoms with E-state index in [1.165, 1.54) is 14.2 Å². The van der Waals surface area contributed by atoms with Crippen molar-refractivity contribution in [3.8, 4) is 0 Å². The number of ether oxygens (including phenoxy) is 2. The zero-order valence-corrected chi connectivity index (χ0v) is 11.6. The molecule has 2 unspecified atom stereocenters. The van der Waals surface area contributed by atoms with Crippen molar-refractivity contribution in [1.82, 2.24) is 4.90 Å². The molecule has 0 heterocycles. The Morgan fingerprint density at radius 2 is 1.83 bits per heavy atom. The second kappa shape index (κ2) is 10.9. The van der Waals surface area contributed by atoms with Crippen LogP contribution in [0.15, 0.2) is 0 Å². The van der Waals surface area contributed by atoms with Crippen LogP contribution in [-0.4, -0.2) is 65.7 Å². The molecule has 0 bridgehead atoms. The van der Waals surface area contributed by atoms with E-state index in [1.807, 2.05) is 19.0 Å². The Morgan fingerprint density at radius 1 is 1.22 bits per heavy atom. The number of likely N-dealkylation sites (N-methyl/N-ethyl adjacent to an activating group) is 1. The van der Waals surface area contributed by atoms with Crippen LogP contribution in [0.3, 0.4) is 0 Å². The molecule has 0 aliphatic rings. The van der Waals surface area contributed by atoms with Gasteiger partial charge in [0.2, 0.25) is 0 Å². The SMILES string of the molecule is C.COCC(COP(=O)([O-])OCCN(C)C)OC. The first-order valence-corrected chi connectivity index (χ1v) is 6.64. The summed E-state index contributed by atoms with van der Waals surface area (Å²) in [5.41, 5.74) is 0. The first kappa shape index (κ1) is 20.3. The van der Waals surface area contributed by atoms with E-state index in [9.17, 15) is 9.46 Å². The van der Waals surface area contributed by atoms with Gasteiger partial charge in [-0.25, -0.2) is 0 Å². The molecule has 7 nitrogen and oxygen atoms in total. The number of phosphoric acid groups is 1. The molecule has 0 aliphatic heterocycles. The summed E-state index contributed by atoms with van der Waals surface area (Å²) in [6, 6.07) is 0. The van der Waals surface area contributed by atoms with E-state index < -0.39 is 13.9 Å². The number of nitrogens with zero attached hydrogens (tertiary/aromatic N) is 1. The van der Waals surface area contributed by atoms with E-state index in [4.69, 9.17) is 9.47 Å². The Morgan fingerprint density at radius 3 is 2.28 bits per heavy atom. The van der Waals surface area contributed by atoms with Crippen molar-refractivity contribution in [2.45, 2.75) is 13.5 Å². The molecule has 0 saturated carbocycles. The molecule has 0 N–H and O–H groups in total. The molecule has 0 aromatic heterocycles. The topological polar surface area (TPSA) is 80.3 Å². The van der Waals surface area contributed by atoms with E-state index in [0.29, 0.717) is 6.54 Å². The van der Waals surface area contributed by atoms with Gasteiger partial charge >= 0.3 is 0 Å². The number of rotatable bonds is 10. The van der Waals surface area contributed by atoms with E-state index in [2.05, 4.69) is 9.05 Å². The molecule has 0 aliphatic carbocycles. The minimum absolute atomic E-state index is 0. The van der Waals surface area contributed by atoms with Crippen molar-refractivity contribution in [2.75, 3.05) is 54.7 Å². The highest BCUT2D eigenvalue weighted by molar-refractivity contribution is 7.45. The molecule has 0 amide bonds. The third-order valence-corrected chi connectivity index (χ3v) is 2.86. The molecule has 8 heteroatoms. The van der Waals surface area contributed by atoms with Crippen LogP contribution in [-0.2, 0) is 23.1 Å². The second-order valence-corrected chi connectivity index (χ2v) is 5.10. The summed E-state index contributed by atoms with van der Waals surface area (Å²) in [4.78, 5) is 13.1. The molecule has 0 spiro atoms. The molecule has 0 saturated heterocycles. The van der Waals surface area contributed by atoms with Gasteiger partial charge in [0.15, 0.2) is 0 Å². The highest BCUT2D eigenvalue weighted by atomic mass is 31.2. The lowest BCUT2D eigenvalue weighted by molar-refractivity contribution is -0.228. The molecule has 18 heavy (non-hydrogen) atoms. The van der Waals surface area contributed by atoms with Crippen molar-refractivity contribution >= 4 is 7.82 Å². The average molecular weight is 286 g/mol. The lowest BCUT2D eigenvalue weighted by Crippen LogP contribution is -2.25. The summed E-state index contributed by atoms with van der Waals surface area (Å²) in [6.45, 7) is 0.707. The van der Waals surface area contributed by atoms with Crippen LogP contribution in [0.1, 0.15) is 7.43 Å². The number of methoxy groups -OCH3 is 2. The summed E-state index contributed by atoms with van der Waals surface area (Å²) in [7, 11) is 2.34. The summed E-state index contributed by atoms with van der Waals surface area (Å²) >= 11 is 0. The van der Waals surface area contributed by atoms with Crippen LogP contribution in [0.25, 0.3) is 0 Å². The monoisotopic (exact) mass is 286 g/mol. The first-order chi connectivity index (χ1) is 7.91. The Labute approximate surface area is 110 Å². The van der Waals surface area contributed by atoms with Crippen molar-refractivity contribution in [2.24, 2.45) is 0 Å². The van der Waals surface area contributed by atoms with Crippen molar-refractivity contribution < 1.29 is 28.0 Å². The highest BCUT2D eigenvalue weighted by Crippen LogP contribution is 2.38. The van der Waals surface area contributed by atoms with Gasteiger partial charge in [-0.2, -0.15) is 0 Å². The zero-order chi connectivity index (χ0) is 13.3. The van der Waals surface area contributed by atoms with Gasteiger partial charge < -0.3 is 28.3 Å². The van der Waals surface area contributed by atoms with Crippen LogP contribution in [0.5, 0.6) is 0 Å². The van der Waals surface area contributed by atoms with Gasteiger partial charge in [0.25, 0.3) is 7.82 Å². The van der Waals surface area contributed by atoms with Gasteiger partial charge in [-0.05, 0) is 14.1 Å². The van der Waals surface area contributed by atoms with E-state index in [1.54, 1.807) is 0 Å². The molecular weight excluding hydrogens is 261 g/mol. The third kappa shape index (κ3) is 11.1. The predicted molar refractivity (Wildman–Crippen MR) is 67.5 cm³/mol. The molecule has 0 aromatic carbocycles. The summed E-state index contributed by atoms with van der Waals surface area (Å²) in [6.07, 6.45) is -0.431. The van der Waals surface area contributed by atoms with Crippen molar-refractivity contribution in [3.05, 3.63) is 0 Å². The lowest BCUT2D eigenvalue weighted by atomic mass is 10.4. The molecule has 0 rings (SSSR count). The minimum Gasteiger partial charge on any atom is -0.756 e. The fourth-order valence-electron chi connectivity index (χ4n) is 0.917. The normalized spacial score (nSPS) is 16.1. The van der Waals surface area contributed by atoms with Crippen LogP contribution in [0.4, 0.5) is 0 Å². The summed E-state index contributed by atoms with van der Waals surface area (Å²) in [5, 5.41) is 0. The predicted octanol–water partition coefficient (Wildman–Crippen LogP) is 0.347. The second-order valence-electron chi connectivity index (χ2n) is 3.69. The molecule has 2 atom stereocenters. The number of phosphoric ester groups is 1. The lowest BCUT2D eigenvalue weighted by Gasteiger charge is -2.25. The summed E-state index contributed by atoms with van der Waals surface area (Å²) in [5.74, 6) is 0. The van der Waals surface area contributed by atoms with E-state index in [-0.39, 0.29) is 27.2 Å². The van der Waals surface area contributed by atoms with Crippen molar-refractivity contribution in [3.63, 3.8) is 0 Å². The molecule has 0 radical (unpaired) electrons. The number of hydrogen-bond donors (Lipinski definition) is 0. The molecule has 112 valence electrons. The minimum atomic E-state index is -4.25. The quantitative estimate of drug-likeness (QED) is 0.536. The van der Waals surface area contributed by atoms with Crippen molar-refractivity contribution in [1.29, 1.82) is 0 Å². The van der Waals surface area contributed by atoms with E-state index >= 15 is 0 Å². The zero-order valence-electron chi connectivity index (χ0n) is 10.7. The fourth-order valence-corrected chi connectivity index (χ4v) is 1.65. The van der Waals surface area contributed by atoms with Gasteiger partial charge in [-0.1, -0.05) is 7.43 Å². The van der Waals surface area contributed by atoms with Gasteiger partial charge in [-0.15, -0.1) is 0 Å². The first-order valence-electron chi connectivity index (χ1n) is 5.18.